The summed E-state index contributed by atoms with van der Waals surface area (Å²) in [4.78, 5) is 11.3. The number of fused-ring (bicyclic) bond motifs is 2. The summed E-state index contributed by atoms with van der Waals surface area (Å²) >= 11 is 6.29. The first-order valence-electron chi connectivity index (χ1n) is 7.94. The first-order valence-corrected chi connectivity index (χ1v) is 8.31. The molecule has 0 bridgehead atoms. The van der Waals surface area contributed by atoms with Crippen molar-refractivity contribution in [3.05, 3.63) is 63.5 Å². The molecule has 0 saturated heterocycles. The van der Waals surface area contributed by atoms with Gasteiger partial charge < -0.3 is 18.6 Å². The van der Waals surface area contributed by atoms with Gasteiger partial charge in [-0.3, -0.25) is 0 Å². The molecule has 1 aliphatic heterocycles. The molecule has 0 spiro atoms. The van der Waals surface area contributed by atoms with Gasteiger partial charge in [-0.2, -0.15) is 0 Å². The average molecular weight is 359 g/mol. The van der Waals surface area contributed by atoms with Crippen molar-refractivity contribution < 1.29 is 18.6 Å². The summed E-state index contributed by atoms with van der Waals surface area (Å²) in [6, 6.07) is 12.1. The Morgan fingerprint density at radius 3 is 2.80 bits per heavy atom. The molecule has 25 heavy (non-hydrogen) atoms. The third-order valence-corrected chi connectivity index (χ3v) is 4.14. The van der Waals surface area contributed by atoms with Crippen LogP contribution in [0.1, 0.15) is 12.0 Å². The van der Waals surface area contributed by atoms with Crippen LogP contribution in [0.5, 0.6) is 17.2 Å². The molecule has 1 aromatic heterocycles. The molecule has 0 atom stereocenters. The van der Waals surface area contributed by atoms with Crippen LogP contribution in [0.3, 0.4) is 0 Å². The molecule has 1 aliphatic rings. The van der Waals surface area contributed by atoms with E-state index < -0.39 is 0 Å². The number of hydrogen-bond acceptors (Lipinski definition) is 5. The maximum atomic E-state index is 11.3. The largest absolute Gasteiger partial charge is 0.489 e. The van der Waals surface area contributed by atoms with Crippen molar-refractivity contribution in [1.82, 2.24) is 0 Å². The van der Waals surface area contributed by atoms with Crippen molar-refractivity contribution in [2.24, 2.45) is 0 Å². The van der Waals surface area contributed by atoms with E-state index >= 15 is 0 Å². The van der Waals surface area contributed by atoms with Gasteiger partial charge in [0.1, 0.15) is 17.9 Å². The molecular weight excluding hydrogens is 344 g/mol. The van der Waals surface area contributed by atoms with Gasteiger partial charge in [-0.1, -0.05) is 11.6 Å². The van der Waals surface area contributed by atoms with Crippen LogP contribution >= 0.6 is 11.6 Å². The first-order chi connectivity index (χ1) is 12.2. The Labute approximate surface area is 148 Å². The number of ether oxygens (including phenoxy) is 3. The summed E-state index contributed by atoms with van der Waals surface area (Å²) in [6.07, 6.45) is 0.819. The van der Waals surface area contributed by atoms with Crippen molar-refractivity contribution in [2.45, 2.75) is 13.0 Å². The second-order valence-electron chi connectivity index (χ2n) is 5.70. The van der Waals surface area contributed by atoms with Crippen molar-refractivity contribution >= 4 is 22.6 Å². The van der Waals surface area contributed by atoms with Gasteiger partial charge in [0.15, 0.2) is 11.5 Å². The Morgan fingerprint density at radius 2 is 1.88 bits per heavy atom. The zero-order valence-corrected chi connectivity index (χ0v) is 14.0. The topological polar surface area (TPSA) is 57.9 Å². The minimum absolute atomic E-state index is 0.304. The Morgan fingerprint density at radius 1 is 1.04 bits per heavy atom. The fourth-order valence-corrected chi connectivity index (χ4v) is 2.95. The molecule has 2 aromatic carbocycles. The maximum Gasteiger partial charge on any atom is 0.336 e. The van der Waals surface area contributed by atoms with Crippen LogP contribution < -0.4 is 19.8 Å². The minimum atomic E-state index is -0.390. The molecule has 0 radical (unpaired) electrons. The zero-order chi connectivity index (χ0) is 17.2. The molecule has 0 aliphatic carbocycles. The van der Waals surface area contributed by atoms with E-state index in [9.17, 15) is 4.79 Å². The van der Waals surface area contributed by atoms with E-state index in [-0.39, 0.29) is 5.63 Å². The summed E-state index contributed by atoms with van der Waals surface area (Å²) < 4.78 is 22.3. The first kappa shape index (κ1) is 15.8. The van der Waals surface area contributed by atoms with Gasteiger partial charge >= 0.3 is 5.63 Å². The molecule has 2 heterocycles. The molecule has 3 aromatic rings. The second kappa shape index (κ2) is 6.69. The smallest absolute Gasteiger partial charge is 0.336 e. The lowest BCUT2D eigenvalue weighted by Gasteiger charge is -2.12. The number of rotatable bonds is 3. The second-order valence-corrected chi connectivity index (χ2v) is 6.11. The summed E-state index contributed by atoms with van der Waals surface area (Å²) in [5, 5.41) is 1.34. The monoisotopic (exact) mass is 358 g/mol. The lowest BCUT2D eigenvalue weighted by atomic mass is 10.2. The lowest BCUT2D eigenvalue weighted by Crippen LogP contribution is -1.99. The van der Waals surface area contributed by atoms with E-state index in [4.69, 9.17) is 30.2 Å². The van der Waals surface area contributed by atoms with Crippen molar-refractivity contribution in [2.75, 3.05) is 13.2 Å². The van der Waals surface area contributed by atoms with Crippen LogP contribution in [0, 0.1) is 0 Å². The Balaban J connectivity index is 1.56. The van der Waals surface area contributed by atoms with Crippen molar-refractivity contribution in [1.29, 1.82) is 0 Å². The summed E-state index contributed by atoms with van der Waals surface area (Å²) in [7, 11) is 0. The van der Waals surface area contributed by atoms with Gasteiger partial charge in [-0.25, -0.2) is 4.79 Å². The van der Waals surface area contributed by atoms with Crippen molar-refractivity contribution in [3.8, 4) is 17.2 Å². The Kier molecular flexibility index (Phi) is 4.24. The molecular formula is C19H15ClO5. The number of hydrogen-bond donors (Lipinski definition) is 0. The van der Waals surface area contributed by atoms with E-state index in [0.29, 0.717) is 47.7 Å². The maximum absolute atomic E-state index is 11.3. The fraction of sp³-hybridized carbons (Fsp3) is 0.211. The average Bonchev–Trinajstić information content (AvgIpc) is 2.85. The summed E-state index contributed by atoms with van der Waals surface area (Å²) in [6.45, 7) is 1.49. The standard InChI is InChI=1S/C19H15ClO5/c20-15-8-12(9-17-19(15)23-7-1-6-22-17)11-24-14-4-2-13-3-5-18(21)25-16(13)10-14/h2-5,8-10H,1,6-7,11H2. The molecule has 128 valence electrons. The van der Waals surface area contributed by atoms with Crippen LogP contribution in [0.2, 0.25) is 5.02 Å². The van der Waals surface area contributed by atoms with E-state index in [2.05, 4.69) is 0 Å². The van der Waals surface area contributed by atoms with Crippen LogP contribution in [0.4, 0.5) is 0 Å². The molecule has 0 saturated carbocycles. The van der Waals surface area contributed by atoms with Gasteiger partial charge in [0, 0.05) is 23.9 Å². The predicted molar refractivity (Wildman–Crippen MR) is 93.9 cm³/mol. The highest BCUT2D eigenvalue weighted by Crippen LogP contribution is 2.38. The summed E-state index contributed by atoms with van der Waals surface area (Å²) in [5.74, 6) is 1.81. The molecule has 0 N–H and O–H groups in total. The van der Waals surface area contributed by atoms with Gasteiger partial charge in [0.05, 0.1) is 18.2 Å². The van der Waals surface area contributed by atoms with Crippen LogP contribution in [-0.2, 0) is 6.61 Å². The summed E-state index contributed by atoms with van der Waals surface area (Å²) in [5.41, 5.74) is 0.963. The Bertz CT molecular complexity index is 979. The predicted octanol–water partition coefficient (Wildman–Crippen LogP) is 4.19. The third-order valence-electron chi connectivity index (χ3n) is 3.86. The zero-order valence-electron chi connectivity index (χ0n) is 13.3. The van der Waals surface area contributed by atoms with Crippen molar-refractivity contribution in [3.63, 3.8) is 0 Å². The molecule has 0 fully saturated rings. The number of benzene rings is 2. The molecule has 4 rings (SSSR count). The van der Waals surface area contributed by atoms with Crippen LogP contribution in [0.15, 0.2) is 51.7 Å². The van der Waals surface area contributed by atoms with Gasteiger partial charge in [-0.05, 0) is 35.9 Å². The normalized spacial score (nSPS) is 13.5. The molecule has 5 nitrogen and oxygen atoms in total. The number of halogens is 1. The quantitative estimate of drug-likeness (QED) is 0.657. The lowest BCUT2D eigenvalue weighted by molar-refractivity contribution is 0.295. The highest BCUT2D eigenvalue weighted by atomic mass is 35.5. The van der Waals surface area contributed by atoms with E-state index in [1.54, 1.807) is 18.2 Å². The molecule has 6 heteroatoms. The third kappa shape index (κ3) is 3.42. The molecule has 0 unspecified atom stereocenters. The van der Waals surface area contributed by atoms with Crippen LogP contribution in [0.25, 0.3) is 11.0 Å². The van der Waals surface area contributed by atoms with E-state index in [1.165, 1.54) is 6.07 Å². The van der Waals surface area contributed by atoms with Gasteiger partial charge in [-0.15, -0.1) is 0 Å². The van der Waals surface area contributed by atoms with Gasteiger partial charge in [0.25, 0.3) is 0 Å². The van der Waals surface area contributed by atoms with Gasteiger partial charge in [0.2, 0.25) is 0 Å². The SMILES string of the molecule is O=c1ccc2ccc(OCc3cc(Cl)c4c(c3)OCCCO4)cc2o1. The Hall–Kier alpha value is -2.66. The van der Waals surface area contributed by atoms with E-state index in [0.717, 1.165) is 17.4 Å². The van der Waals surface area contributed by atoms with E-state index in [1.807, 2.05) is 18.2 Å². The minimum Gasteiger partial charge on any atom is -0.489 e. The van der Waals surface area contributed by atoms with Crippen LogP contribution in [-0.4, -0.2) is 13.2 Å². The highest BCUT2D eigenvalue weighted by molar-refractivity contribution is 6.32. The molecule has 0 amide bonds. The highest BCUT2D eigenvalue weighted by Gasteiger charge is 2.15. The fourth-order valence-electron chi connectivity index (χ4n) is 2.66.